The van der Waals surface area contributed by atoms with Gasteiger partial charge < -0.3 is 10.2 Å². The minimum Gasteiger partial charge on any atom is -0.320 e. The average Bonchev–Trinajstić information content (AvgIpc) is 3.04. The Kier molecular flexibility index (Phi) is 4.69. The fourth-order valence-corrected chi connectivity index (χ4v) is 4.66. The van der Waals surface area contributed by atoms with Crippen molar-refractivity contribution in [1.82, 2.24) is 9.88 Å². The summed E-state index contributed by atoms with van der Waals surface area (Å²) in [4.78, 5) is 31.3. The molecule has 1 aromatic heterocycles. The second kappa shape index (κ2) is 6.43. The Morgan fingerprint density at radius 1 is 1.35 bits per heavy atom. The van der Waals surface area contributed by atoms with Gasteiger partial charge in [-0.2, -0.15) is 0 Å². The second-order valence-electron chi connectivity index (χ2n) is 7.24. The summed E-state index contributed by atoms with van der Waals surface area (Å²) >= 11 is 3.10. The molecule has 2 amide bonds. The molecule has 1 unspecified atom stereocenters. The predicted molar refractivity (Wildman–Crippen MR) is 94.7 cm³/mol. The van der Waals surface area contributed by atoms with Crippen LogP contribution in [0.25, 0.3) is 0 Å². The molecule has 5 nitrogen and oxygen atoms in total. The number of anilines is 1. The van der Waals surface area contributed by atoms with E-state index in [-0.39, 0.29) is 11.8 Å². The zero-order valence-electron chi connectivity index (χ0n) is 13.8. The number of thiazole rings is 1. The van der Waals surface area contributed by atoms with Gasteiger partial charge in [-0.1, -0.05) is 27.2 Å². The first kappa shape index (κ1) is 16.8. The average molecular weight is 354 g/mol. The van der Waals surface area contributed by atoms with Crippen molar-refractivity contribution in [2.24, 2.45) is 5.41 Å². The van der Waals surface area contributed by atoms with E-state index < -0.39 is 11.5 Å². The van der Waals surface area contributed by atoms with Crippen molar-refractivity contribution in [1.29, 1.82) is 0 Å². The molecule has 23 heavy (non-hydrogen) atoms. The maximum atomic E-state index is 12.6. The summed E-state index contributed by atoms with van der Waals surface area (Å²) in [7, 11) is 0. The van der Waals surface area contributed by atoms with Gasteiger partial charge in [0.15, 0.2) is 5.13 Å². The third kappa shape index (κ3) is 3.55. The van der Waals surface area contributed by atoms with E-state index in [1.165, 1.54) is 30.6 Å². The van der Waals surface area contributed by atoms with Gasteiger partial charge in [0.1, 0.15) is 6.04 Å². The first-order valence-corrected chi connectivity index (χ1v) is 10.0. The van der Waals surface area contributed by atoms with E-state index in [9.17, 15) is 9.59 Å². The van der Waals surface area contributed by atoms with Crippen LogP contribution in [0, 0.1) is 5.41 Å². The van der Waals surface area contributed by atoms with E-state index in [2.05, 4.69) is 10.3 Å². The largest absolute Gasteiger partial charge is 0.320 e. The lowest BCUT2D eigenvalue weighted by molar-refractivity contribution is -0.143. The SMILES string of the molecule is CC(C)(C)C(=O)N1CSCC1C(=O)Nc1nc(C2CCC2)cs1. The van der Waals surface area contributed by atoms with Crippen molar-refractivity contribution >= 4 is 40.0 Å². The van der Waals surface area contributed by atoms with Crippen LogP contribution in [0.2, 0.25) is 0 Å². The standard InChI is InChI=1S/C16H23N3O2S2/c1-16(2,3)14(21)19-9-22-8-12(19)13(20)18-15-17-11(7-23-15)10-5-4-6-10/h7,10,12H,4-6,8-9H2,1-3H3,(H,17,18,20). The number of carbonyl (C=O) groups excluding carboxylic acids is 2. The van der Waals surface area contributed by atoms with Crippen LogP contribution in [0.3, 0.4) is 0 Å². The molecular weight excluding hydrogens is 330 g/mol. The van der Waals surface area contributed by atoms with Crippen molar-refractivity contribution in [2.45, 2.75) is 52.0 Å². The van der Waals surface area contributed by atoms with Crippen molar-refractivity contribution in [3.05, 3.63) is 11.1 Å². The maximum Gasteiger partial charge on any atom is 0.249 e. The summed E-state index contributed by atoms with van der Waals surface area (Å²) in [5, 5.41) is 5.60. The quantitative estimate of drug-likeness (QED) is 0.906. The number of rotatable bonds is 3. The van der Waals surface area contributed by atoms with Gasteiger partial charge in [0.05, 0.1) is 11.6 Å². The Morgan fingerprint density at radius 2 is 2.09 bits per heavy atom. The van der Waals surface area contributed by atoms with Crippen LogP contribution in [0.1, 0.15) is 51.6 Å². The Hall–Kier alpha value is -1.08. The van der Waals surface area contributed by atoms with E-state index in [1.54, 1.807) is 16.7 Å². The van der Waals surface area contributed by atoms with Crippen LogP contribution in [-0.4, -0.2) is 39.4 Å². The number of amides is 2. The molecule has 1 aromatic rings. The monoisotopic (exact) mass is 353 g/mol. The molecule has 0 bridgehead atoms. The van der Waals surface area contributed by atoms with Gasteiger partial charge >= 0.3 is 0 Å². The van der Waals surface area contributed by atoms with Crippen LogP contribution in [0.5, 0.6) is 0 Å². The molecule has 1 atom stereocenters. The Balaban J connectivity index is 1.65. The zero-order valence-corrected chi connectivity index (χ0v) is 15.4. The lowest BCUT2D eigenvalue weighted by Crippen LogP contribution is -2.48. The molecule has 2 heterocycles. The van der Waals surface area contributed by atoms with Crippen molar-refractivity contribution in [2.75, 3.05) is 16.9 Å². The van der Waals surface area contributed by atoms with Crippen LogP contribution in [-0.2, 0) is 9.59 Å². The van der Waals surface area contributed by atoms with Gasteiger partial charge in [0.2, 0.25) is 11.8 Å². The Bertz CT molecular complexity index is 605. The first-order chi connectivity index (χ1) is 10.9. The van der Waals surface area contributed by atoms with Crippen LogP contribution >= 0.6 is 23.1 Å². The summed E-state index contributed by atoms with van der Waals surface area (Å²) in [5.41, 5.74) is 0.627. The topological polar surface area (TPSA) is 62.3 Å². The fourth-order valence-electron chi connectivity index (χ4n) is 2.71. The summed E-state index contributed by atoms with van der Waals surface area (Å²) in [6.45, 7) is 5.66. The van der Waals surface area contributed by atoms with Crippen LogP contribution in [0.15, 0.2) is 5.38 Å². The molecule has 1 N–H and O–H groups in total. The van der Waals surface area contributed by atoms with E-state index in [0.29, 0.717) is 22.7 Å². The number of nitrogens with one attached hydrogen (secondary N) is 1. The van der Waals surface area contributed by atoms with Crippen molar-refractivity contribution in [3.8, 4) is 0 Å². The molecule has 1 saturated carbocycles. The van der Waals surface area contributed by atoms with Gasteiger partial charge in [0, 0.05) is 22.5 Å². The highest BCUT2D eigenvalue weighted by molar-refractivity contribution is 7.99. The number of nitrogens with zero attached hydrogens (tertiary/aromatic N) is 2. The van der Waals surface area contributed by atoms with Crippen LogP contribution in [0.4, 0.5) is 5.13 Å². The molecule has 1 aliphatic heterocycles. The van der Waals surface area contributed by atoms with E-state index in [4.69, 9.17) is 0 Å². The molecule has 2 aliphatic rings. The Morgan fingerprint density at radius 3 is 2.70 bits per heavy atom. The van der Waals surface area contributed by atoms with Crippen molar-refractivity contribution in [3.63, 3.8) is 0 Å². The first-order valence-electron chi connectivity index (χ1n) is 8.01. The number of aromatic nitrogens is 1. The third-order valence-corrected chi connectivity index (χ3v) is 6.15. The fraction of sp³-hybridized carbons (Fsp3) is 0.688. The number of hydrogen-bond acceptors (Lipinski definition) is 5. The van der Waals surface area contributed by atoms with Gasteiger partial charge in [-0.3, -0.25) is 9.59 Å². The highest BCUT2D eigenvalue weighted by atomic mass is 32.2. The lowest BCUT2D eigenvalue weighted by Gasteiger charge is -2.29. The number of carbonyl (C=O) groups is 2. The molecule has 0 radical (unpaired) electrons. The maximum absolute atomic E-state index is 12.6. The zero-order chi connectivity index (χ0) is 16.6. The summed E-state index contributed by atoms with van der Waals surface area (Å²) in [6, 6.07) is -0.400. The highest BCUT2D eigenvalue weighted by Gasteiger charge is 2.39. The second-order valence-corrected chi connectivity index (χ2v) is 9.09. The smallest absolute Gasteiger partial charge is 0.249 e. The van der Waals surface area contributed by atoms with Gasteiger partial charge in [-0.05, 0) is 12.8 Å². The molecule has 126 valence electrons. The van der Waals surface area contributed by atoms with Gasteiger partial charge in [0.25, 0.3) is 0 Å². The Labute approximate surface area is 145 Å². The number of thioether (sulfide) groups is 1. The van der Waals surface area contributed by atoms with E-state index >= 15 is 0 Å². The third-order valence-electron chi connectivity index (χ3n) is 4.36. The highest BCUT2D eigenvalue weighted by Crippen LogP contribution is 2.37. The molecular formula is C16H23N3O2S2. The summed E-state index contributed by atoms with van der Waals surface area (Å²) < 4.78 is 0. The molecule has 0 aromatic carbocycles. The van der Waals surface area contributed by atoms with Crippen molar-refractivity contribution < 1.29 is 9.59 Å². The molecule has 7 heteroatoms. The van der Waals surface area contributed by atoms with Crippen LogP contribution < -0.4 is 5.32 Å². The molecule has 1 aliphatic carbocycles. The molecule has 2 fully saturated rings. The van der Waals surface area contributed by atoms with Gasteiger partial charge in [-0.25, -0.2) is 4.98 Å². The molecule has 0 spiro atoms. The minimum atomic E-state index is -0.470. The van der Waals surface area contributed by atoms with Gasteiger partial charge in [-0.15, -0.1) is 23.1 Å². The minimum absolute atomic E-state index is 0.0249. The van der Waals surface area contributed by atoms with E-state index in [0.717, 1.165) is 5.69 Å². The number of hydrogen-bond donors (Lipinski definition) is 1. The molecule has 3 rings (SSSR count). The normalized spacial score (nSPS) is 22.0. The summed E-state index contributed by atoms with van der Waals surface area (Å²) in [5.74, 6) is 1.70. The lowest BCUT2D eigenvalue weighted by atomic mass is 9.83. The molecule has 1 saturated heterocycles. The summed E-state index contributed by atoms with van der Waals surface area (Å²) in [6.07, 6.45) is 3.67. The van der Waals surface area contributed by atoms with E-state index in [1.807, 2.05) is 26.2 Å². The predicted octanol–water partition coefficient (Wildman–Crippen LogP) is 3.30.